The minimum atomic E-state index is -1.59. The van der Waals surface area contributed by atoms with Crippen LogP contribution in [-0.4, -0.2) is 22.2 Å². The summed E-state index contributed by atoms with van der Waals surface area (Å²) in [6.45, 7) is 0.192. The summed E-state index contributed by atoms with van der Waals surface area (Å²) in [6.07, 6.45) is 2.80. The highest BCUT2D eigenvalue weighted by Gasteiger charge is 2.12. The van der Waals surface area contributed by atoms with E-state index in [9.17, 15) is 0 Å². The number of rotatable bonds is 4. The van der Waals surface area contributed by atoms with Crippen molar-refractivity contribution in [2.24, 2.45) is 0 Å². The van der Waals surface area contributed by atoms with Gasteiger partial charge < -0.3 is 14.8 Å². The molecule has 5 nitrogen and oxygen atoms in total. The summed E-state index contributed by atoms with van der Waals surface area (Å²) in [4.78, 5) is 3.85. The number of hydrogen-bond acceptors (Lipinski definition) is 5. The van der Waals surface area contributed by atoms with Crippen LogP contribution in [0.25, 0.3) is 0 Å². The van der Waals surface area contributed by atoms with Gasteiger partial charge in [-0.05, 0) is 18.2 Å². The molecule has 0 unspecified atom stereocenters. The van der Waals surface area contributed by atoms with Gasteiger partial charge >= 0.3 is 7.12 Å². The highest BCUT2D eigenvalue weighted by Crippen LogP contribution is 2.19. The fraction of sp³-hybridized carbons (Fsp3) is 0.0769. The lowest BCUT2D eigenvalue weighted by Crippen LogP contribution is -2.30. The van der Waals surface area contributed by atoms with Gasteiger partial charge in [0.05, 0.1) is 17.8 Å². The van der Waals surface area contributed by atoms with Crippen molar-refractivity contribution >= 4 is 24.2 Å². The van der Waals surface area contributed by atoms with Gasteiger partial charge in [0.15, 0.2) is 0 Å². The zero-order valence-corrected chi connectivity index (χ0v) is 11.1. The van der Waals surface area contributed by atoms with Crippen molar-refractivity contribution in [1.82, 2.24) is 4.98 Å². The smallest absolute Gasteiger partial charge is 0.487 e. The lowest BCUT2D eigenvalue weighted by atomic mass is 9.82. The van der Waals surface area contributed by atoms with E-state index >= 15 is 0 Å². The van der Waals surface area contributed by atoms with Crippen LogP contribution in [0.4, 0.5) is 0 Å². The fourth-order valence-electron chi connectivity index (χ4n) is 1.55. The van der Waals surface area contributed by atoms with Crippen LogP contribution >= 0.6 is 11.6 Å². The summed E-state index contributed by atoms with van der Waals surface area (Å²) in [7, 11) is -1.59. The third-order valence-corrected chi connectivity index (χ3v) is 2.96. The van der Waals surface area contributed by atoms with Crippen LogP contribution in [0.15, 0.2) is 36.7 Å². The topological polar surface area (TPSA) is 86.4 Å². The maximum absolute atomic E-state index is 9.04. The van der Waals surface area contributed by atoms with E-state index < -0.39 is 7.12 Å². The van der Waals surface area contributed by atoms with Crippen molar-refractivity contribution in [2.45, 2.75) is 6.61 Å². The number of benzene rings is 1. The fourth-order valence-corrected chi connectivity index (χ4v) is 1.79. The van der Waals surface area contributed by atoms with Gasteiger partial charge in [0.2, 0.25) is 0 Å². The second kappa shape index (κ2) is 6.39. The first-order valence-electron chi connectivity index (χ1n) is 5.72. The van der Waals surface area contributed by atoms with E-state index in [-0.39, 0.29) is 12.1 Å². The predicted octanol–water partition coefficient (Wildman–Crippen LogP) is 0.865. The van der Waals surface area contributed by atoms with E-state index in [0.717, 1.165) is 5.56 Å². The Labute approximate surface area is 121 Å². The minimum Gasteiger partial charge on any atom is -0.487 e. The van der Waals surface area contributed by atoms with Crippen molar-refractivity contribution in [3.05, 3.63) is 52.8 Å². The third-order valence-electron chi connectivity index (χ3n) is 2.61. The molecule has 7 heteroatoms. The molecule has 100 valence electrons. The summed E-state index contributed by atoms with van der Waals surface area (Å²) in [5.41, 5.74) is 1.44. The number of nitriles is 1. The second-order valence-corrected chi connectivity index (χ2v) is 4.44. The molecule has 0 fully saturated rings. The Balaban J connectivity index is 2.09. The Kier molecular flexibility index (Phi) is 4.59. The van der Waals surface area contributed by atoms with Crippen molar-refractivity contribution in [3.63, 3.8) is 0 Å². The lowest BCUT2D eigenvalue weighted by molar-refractivity contribution is 0.305. The van der Waals surface area contributed by atoms with Crippen LogP contribution in [0, 0.1) is 11.3 Å². The summed E-state index contributed by atoms with van der Waals surface area (Å²) in [6, 6.07) is 8.40. The van der Waals surface area contributed by atoms with Crippen molar-refractivity contribution in [2.75, 3.05) is 0 Å². The van der Waals surface area contributed by atoms with Gasteiger partial charge in [-0.3, -0.25) is 4.98 Å². The molecule has 2 aromatic rings. The Bertz CT molecular complexity index is 658. The Hall–Kier alpha value is -2.07. The Morgan fingerprint density at radius 1 is 1.30 bits per heavy atom. The molecule has 2 N–H and O–H groups in total. The van der Waals surface area contributed by atoms with Gasteiger partial charge in [0, 0.05) is 22.2 Å². The monoisotopic (exact) mass is 288 g/mol. The van der Waals surface area contributed by atoms with Crippen LogP contribution in [0.1, 0.15) is 11.1 Å². The average molecular weight is 288 g/mol. The van der Waals surface area contributed by atoms with E-state index in [4.69, 9.17) is 31.6 Å². The van der Waals surface area contributed by atoms with Crippen molar-refractivity contribution in [3.8, 4) is 11.8 Å². The zero-order chi connectivity index (χ0) is 14.5. The summed E-state index contributed by atoms with van der Waals surface area (Å²) < 4.78 is 5.49. The van der Waals surface area contributed by atoms with E-state index in [1.807, 2.05) is 6.07 Å². The molecule has 0 aliphatic carbocycles. The minimum absolute atomic E-state index is 0.192. The van der Waals surface area contributed by atoms with E-state index in [2.05, 4.69) is 4.98 Å². The van der Waals surface area contributed by atoms with Crippen molar-refractivity contribution in [1.29, 1.82) is 5.26 Å². The first kappa shape index (κ1) is 14.3. The highest BCUT2D eigenvalue weighted by molar-refractivity contribution is 6.58. The molecule has 20 heavy (non-hydrogen) atoms. The van der Waals surface area contributed by atoms with Gasteiger partial charge in [0.25, 0.3) is 0 Å². The molecular formula is C13H10BClN2O3. The summed E-state index contributed by atoms with van der Waals surface area (Å²) in [5, 5.41) is 27.3. The second-order valence-electron chi connectivity index (χ2n) is 4.03. The number of aromatic nitrogens is 1. The Morgan fingerprint density at radius 3 is 2.75 bits per heavy atom. The molecule has 0 spiro atoms. The molecular weight excluding hydrogens is 278 g/mol. The van der Waals surface area contributed by atoms with Crippen molar-refractivity contribution < 1.29 is 14.8 Å². The standard InChI is InChI=1S/C13H10BClN2O3/c15-13-3-9(5-16)1-2-10(13)8-20-12-4-11(14(18)19)6-17-7-12/h1-4,6-7,18-19H,8H2. The average Bonchev–Trinajstić information content (AvgIpc) is 2.46. The molecule has 2 rings (SSSR count). The number of ether oxygens (including phenoxy) is 1. The van der Waals surface area contributed by atoms with E-state index in [1.54, 1.807) is 18.2 Å². The van der Waals surface area contributed by atoms with Crippen LogP contribution < -0.4 is 10.2 Å². The SMILES string of the molecule is N#Cc1ccc(COc2cncc(B(O)O)c2)c(Cl)c1. The lowest BCUT2D eigenvalue weighted by Gasteiger charge is -2.08. The quantitative estimate of drug-likeness (QED) is 0.815. The van der Waals surface area contributed by atoms with Gasteiger partial charge in [0.1, 0.15) is 12.4 Å². The molecule has 0 aliphatic rings. The first-order chi connectivity index (χ1) is 9.60. The van der Waals surface area contributed by atoms with Gasteiger partial charge in [-0.25, -0.2) is 0 Å². The maximum atomic E-state index is 9.04. The molecule has 1 aromatic heterocycles. The van der Waals surface area contributed by atoms with Crippen LogP contribution in [0.2, 0.25) is 5.02 Å². The molecule has 0 amide bonds. The highest BCUT2D eigenvalue weighted by atomic mass is 35.5. The van der Waals surface area contributed by atoms with Gasteiger partial charge in [-0.1, -0.05) is 17.7 Å². The molecule has 0 aliphatic heterocycles. The molecule has 0 bridgehead atoms. The number of hydrogen-bond donors (Lipinski definition) is 2. The molecule has 0 saturated heterocycles. The van der Waals surface area contributed by atoms with Crippen LogP contribution in [-0.2, 0) is 6.61 Å². The number of pyridine rings is 1. The molecule has 1 heterocycles. The maximum Gasteiger partial charge on any atom is 0.490 e. The molecule has 1 aromatic carbocycles. The third kappa shape index (κ3) is 3.49. The van der Waals surface area contributed by atoms with Crippen LogP contribution in [0.3, 0.4) is 0 Å². The summed E-state index contributed by atoms with van der Waals surface area (Å²) >= 11 is 6.03. The van der Waals surface area contributed by atoms with Crippen LogP contribution in [0.5, 0.6) is 5.75 Å². The zero-order valence-electron chi connectivity index (χ0n) is 10.3. The van der Waals surface area contributed by atoms with E-state index in [1.165, 1.54) is 18.5 Å². The summed E-state index contributed by atoms with van der Waals surface area (Å²) in [5.74, 6) is 0.399. The Morgan fingerprint density at radius 2 is 2.10 bits per heavy atom. The number of halogens is 1. The molecule has 0 radical (unpaired) electrons. The van der Waals surface area contributed by atoms with E-state index in [0.29, 0.717) is 16.3 Å². The van der Waals surface area contributed by atoms with Gasteiger partial charge in [-0.15, -0.1) is 0 Å². The largest absolute Gasteiger partial charge is 0.490 e. The normalized spacial score (nSPS) is 9.90. The predicted molar refractivity (Wildman–Crippen MR) is 74.6 cm³/mol. The molecule has 0 saturated carbocycles. The molecule has 0 atom stereocenters. The van der Waals surface area contributed by atoms with Gasteiger partial charge in [-0.2, -0.15) is 5.26 Å². The first-order valence-corrected chi connectivity index (χ1v) is 6.10. The number of nitrogens with zero attached hydrogens (tertiary/aromatic N) is 2.